The summed E-state index contributed by atoms with van der Waals surface area (Å²) in [6, 6.07) is 8.28. The Bertz CT molecular complexity index is 1080. The minimum atomic E-state index is -0.351. The van der Waals surface area contributed by atoms with E-state index in [0.717, 1.165) is 42.0 Å². The number of fused-ring (bicyclic) bond motifs is 1. The van der Waals surface area contributed by atoms with Gasteiger partial charge in [0, 0.05) is 27.2 Å². The number of nitrogens with zero attached hydrogens (tertiary/aromatic N) is 5. The predicted octanol–water partition coefficient (Wildman–Crippen LogP) is 1.39. The van der Waals surface area contributed by atoms with Crippen molar-refractivity contribution in [2.24, 2.45) is 14.1 Å². The van der Waals surface area contributed by atoms with E-state index in [-0.39, 0.29) is 11.2 Å². The molecular formula is C19H23N5O2. The summed E-state index contributed by atoms with van der Waals surface area (Å²) in [6.45, 7) is 4.45. The highest BCUT2D eigenvalue weighted by molar-refractivity contribution is 5.75. The first-order valence-electron chi connectivity index (χ1n) is 8.94. The minimum Gasteiger partial charge on any atom is -0.342 e. The molecule has 0 spiro atoms. The molecule has 1 fully saturated rings. The number of hydrogen-bond acceptors (Lipinski definition) is 4. The normalized spacial score (nSPS) is 14.5. The molecule has 3 heterocycles. The van der Waals surface area contributed by atoms with E-state index in [4.69, 9.17) is 4.98 Å². The maximum absolute atomic E-state index is 12.9. The monoisotopic (exact) mass is 353 g/mol. The summed E-state index contributed by atoms with van der Waals surface area (Å²) in [4.78, 5) is 32.1. The summed E-state index contributed by atoms with van der Waals surface area (Å²) < 4.78 is 4.58. The highest BCUT2D eigenvalue weighted by Crippen LogP contribution is 2.24. The maximum atomic E-state index is 12.9. The number of anilines is 1. The third kappa shape index (κ3) is 2.55. The molecule has 0 N–H and O–H groups in total. The van der Waals surface area contributed by atoms with Gasteiger partial charge < -0.3 is 4.90 Å². The van der Waals surface area contributed by atoms with E-state index < -0.39 is 0 Å². The van der Waals surface area contributed by atoms with Crippen LogP contribution in [0.2, 0.25) is 0 Å². The molecule has 3 aromatic rings. The zero-order chi connectivity index (χ0) is 18.4. The molecule has 1 aliphatic heterocycles. The molecule has 4 rings (SSSR count). The van der Waals surface area contributed by atoms with E-state index in [1.165, 1.54) is 17.2 Å². The van der Waals surface area contributed by atoms with Crippen LogP contribution in [0, 0.1) is 6.92 Å². The number of aryl methyl sites for hydroxylation is 2. The lowest BCUT2D eigenvalue weighted by Gasteiger charge is -2.18. The molecule has 26 heavy (non-hydrogen) atoms. The fourth-order valence-electron chi connectivity index (χ4n) is 3.62. The van der Waals surface area contributed by atoms with Crippen LogP contribution in [-0.2, 0) is 20.6 Å². The van der Waals surface area contributed by atoms with Gasteiger partial charge in [0.1, 0.15) is 0 Å². The Kier molecular flexibility index (Phi) is 3.94. The van der Waals surface area contributed by atoms with Gasteiger partial charge in [0.25, 0.3) is 5.56 Å². The molecule has 7 heteroatoms. The van der Waals surface area contributed by atoms with Gasteiger partial charge >= 0.3 is 5.69 Å². The fourth-order valence-corrected chi connectivity index (χ4v) is 3.62. The lowest BCUT2D eigenvalue weighted by molar-refractivity contribution is 0.701. The predicted molar refractivity (Wildman–Crippen MR) is 102 cm³/mol. The first-order chi connectivity index (χ1) is 12.5. The van der Waals surface area contributed by atoms with Crippen LogP contribution in [0.3, 0.4) is 0 Å². The Morgan fingerprint density at radius 2 is 1.65 bits per heavy atom. The van der Waals surface area contributed by atoms with Gasteiger partial charge in [-0.15, -0.1) is 0 Å². The summed E-state index contributed by atoms with van der Waals surface area (Å²) in [5, 5.41) is 0. The Hall–Kier alpha value is -2.83. The van der Waals surface area contributed by atoms with E-state index in [0.29, 0.717) is 17.7 Å². The highest BCUT2D eigenvalue weighted by Gasteiger charge is 2.24. The molecule has 0 bridgehead atoms. The van der Waals surface area contributed by atoms with Crippen molar-refractivity contribution >= 4 is 17.1 Å². The van der Waals surface area contributed by atoms with Crippen molar-refractivity contribution in [2.45, 2.75) is 26.3 Å². The van der Waals surface area contributed by atoms with Crippen LogP contribution in [0.1, 0.15) is 24.0 Å². The van der Waals surface area contributed by atoms with Crippen LogP contribution in [0.25, 0.3) is 11.2 Å². The first kappa shape index (κ1) is 16.6. The molecular weight excluding hydrogens is 330 g/mol. The van der Waals surface area contributed by atoms with Crippen LogP contribution in [0.15, 0.2) is 33.9 Å². The van der Waals surface area contributed by atoms with Crippen LogP contribution >= 0.6 is 0 Å². The van der Waals surface area contributed by atoms with Crippen molar-refractivity contribution in [3.63, 3.8) is 0 Å². The van der Waals surface area contributed by atoms with Crippen LogP contribution in [0.4, 0.5) is 5.95 Å². The molecule has 1 aliphatic rings. The summed E-state index contributed by atoms with van der Waals surface area (Å²) in [5.74, 6) is 0.774. The van der Waals surface area contributed by atoms with Gasteiger partial charge in [-0.1, -0.05) is 29.8 Å². The van der Waals surface area contributed by atoms with Crippen molar-refractivity contribution < 1.29 is 0 Å². The van der Waals surface area contributed by atoms with E-state index >= 15 is 0 Å². The second kappa shape index (κ2) is 6.16. The topological polar surface area (TPSA) is 65.1 Å². The lowest BCUT2D eigenvalue weighted by atomic mass is 10.1. The number of imidazole rings is 1. The van der Waals surface area contributed by atoms with Gasteiger partial charge in [0.2, 0.25) is 5.95 Å². The molecule has 0 saturated carbocycles. The Labute approximate surface area is 151 Å². The average Bonchev–Trinajstić information content (AvgIpc) is 3.28. The van der Waals surface area contributed by atoms with Crippen molar-refractivity contribution in [1.29, 1.82) is 0 Å². The van der Waals surface area contributed by atoms with Gasteiger partial charge in [-0.2, -0.15) is 4.98 Å². The highest BCUT2D eigenvalue weighted by atomic mass is 16.2. The second-order valence-electron chi connectivity index (χ2n) is 7.06. The van der Waals surface area contributed by atoms with Crippen molar-refractivity contribution in [3.8, 4) is 0 Å². The zero-order valence-electron chi connectivity index (χ0n) is 15.4. The first-order valence-corrected chi connectivity index (χ1v) is 8.94. The number of aromatic nitrogens is 4. The Morgan fingerprint density at radius 1 is 1.00 bits per heavy atom. The van der Waals surface area contributed by atoms with Crippen molar-refractivity contribution in [3.05, 3.63) is 56.2 Å². The van der Waals surface area contributed by atoms with Gasteiger partial charge in [-0.25, -0.2) is 4.79 Å². The van der Waals surface area contributed by atoms with Crippen LogP contribution in [-0.4, -0.2) is 31.8 Å². The third-order valence-electron chi connectivity index (χ3n) is 5.18. The Balaban J connectivity index is 1.98. The minimum absolute atomic E-state index is 0.298. The van der Waals surface area contributed by atoms with Gasteiger partial charge in [-0.05, 0) is 25.3 Å². The average molecular weight is 353 g/mol. The maximum Gasteiger partial charge on any atom is 0.332 e. The van der Waals surface area contributed by atoms with E-state index in [9.17, 15) is 9.59 Å². The lowest BCUT2D eigenvalue weighted by Crippen LogP contribution is -2.37. The molecule has 0 aliphatic carbocycles. The van der Waals surface area contributed by atoms with E-state index in [1.807, 2.05) is 4.57 Å². The molecule has 2 aromatic heterocycles. The summed E-state index contributed by atoms with van der Waals surface area (Å²) in [5.41, 5.74) is 2.58. The summed E-state index contributed by atoms with van der Waals surface area (Å²) in [7, 11) is 3.18. The molecule has 0 atom stereocenters. The molecule has 7 nitrogen and oxygen atoms in total. The zero-order valence-corrected chi connectivity index (χ0v) is 15.4. The van der Waals surface area contributed by atoms with E-state index in [2.05, 4.69) is 36.1 Å². The molecule has 1 saturated heterocycles. The third-order valence-corrected chi connectivity index (χ3v) is 5.18. The molecule has 0 radical (unpaired) electrons. The molecule has 1 aromatic carbocycles. The summed E-state index contributed by atoms with van der Waals surface area (Å²) in [6.07, 6.45) is 2.23. The van der Waals surface area contributed by atoms with E-state index in [1.54, 1.807) is 7.05 Å². The second-order valence-corrected chi connectivity index (χ2v) is 7.06. The fraction of sp³-hybridized carbons (Fsp3) is 0.421. The SMILES string of the molecule is Cc1ccc(Cn2c(N3CCCC3)nc3c2c(=O)n(C)c(=O)n3C)cc1. The number of benzene rings is 1. The largest absolute Gasteiger partial charge is 0.342 e. The molecule has 136 valence electrons. The van der Waals surface area contributed by atoms with Gasteiger partial charge in [0.15, 0.2) is 11.2 Å². The van der Waals surface area contributed by atoms with Crippen LogP contribution in [0.5, 0.6) is 0 Å². The smallest absolute Gasteiger partial charge is 0.332 e. The van der Waals surface area contributed by atoms with Gasteiger partial charge in [0.05, 0.1) is 6.54 Å². The summed E-state index contributed by atoms with van der Waals surface area (Å²) >= 11 is 0. The van der Waals surface area contributed by atoms with Crippen molar-refractivity contribution in [1.82, 2.24) is 18.7 Å². The number of rotatable bonds is 3. The van der Waals surface area contributed by atoms with Gasteiger partial charge in [-0.3, -0.25) is 18.5 Å². The number of hydrogen-bond donors (Lipinski definition) is 0. The molecule has 0 unspecified atom stereocenters. The quantitative estimate of drug-likeness (QED) is 0.714. The molecule has 0 amide bonds. The Morgan fingerprint density at radius 3 is 2.31 bits per heavy atom. The van der Waals surface area contributed by atoms with Crippen molar-refractivity contribution in [2.75, 3.05) is 18.0 Å². The standard InChI is InChI=1S/C19H23N5O2/c1-13-6-8-14(9-7-13)12-24-15-16(20-18(24)23-10-4-5-11-23)21(2)19(26)22(3)17(15)25/h6-9H,4-5,10-12H2,1-3H3. The van der Waals surface area contributed by atoms with Crippen LogP contribution < -0.4 is 16.1 Å².